The Hall–Kier alpha value is -1.69. The minimum Gasteiger partial charge on any atom is -0.396 e. The molecule has 1 aromatic heterocycles. The summed E-state index contributed by atoms with van der Waals surface area (Å²) in [6.45, 7) is 6.84. The number of rotatable bonds is 8. The average molecular weight is 295 g/mol. The fourth-order valence-electron chi connectivity index (χ4n) is 2.08. The van der Waals surface area contributed by atoms with Crippen molar-refractivity contribution in [3.05, 3.63) is 28.2 Å². The van der Waals surface area contributed by atoms with Crippen molar-refractivity contribution >= 4 is 5.91 Å². The predicted octanol–water partition coefficient (Wildman–Crippen LogP) is 1.18. The molecular formula is C15H25N3O3. The molecule has 0 atom stereocenters. The number of carbonyl (C=O) groups is 1. The number of aliphatic hydroxyl groups excluding tert-OH is 1. The average Bonchev–Trinajstić information content (AvgIpc) is 2.51. The maximum Gasteiger partial charge on any atom is 0.271 e. The molecule has 0 saturated carbocycles. The van der Waals surface area contributed by atoms with Crippen molar-refractivity contribution in [1.29, 1.82) is 0 Å². The molecule has 0 aliphatic carbocycles. The first kappa shape index (κ1) is 17.4. The van der Waals surface area contributed by atoms with Gasteiger partial charge in [0.05, 0.1) is 6.61 Å². The van der Waals surface area contributed by atoms with E-state index in [9.17, 15) is 14.7 Å². The Kier molecular flexibility index (Phi) is 6.55. The number of hydrogen-bond acceptors (Lipinski definition) is 4. The largest absolute Gasteiger partial charge is 0.396 e. The number of hydrogen-bond donors (Lipinski definition) is 2. The Morgan fingerprint density at radius 1 is 1.33 bits per heavy atom. The van der Waals surface area contributed by atoms with Gasteiger partial charge in [0.2, 0.25) is 0 Å². The number of nitrogens with one attached hydrogen (secondary N) is 1. The SMILES string of the molecule is CCCn1nc(C(=O)NCC(CC)(CC)CO)ccc1=O. The first-order chi connectivity index (χ1) is 10.0. The third-order valence-corrected chi connectivity index (χ3v) is 3.99. The number of aliphatic hydroxyl groups is 1. The van der Waals surface area contributed by atoms with Gasteiger partial charge in [0.1, 0.15) is 5.69 Å². The Morgan fingerprint density at radius 3 is 2.52 bits per heavy atom. The van der Waals surface area contributed by atoms with Gasteiger partial charge in [-0.05, 0) is 25.3 Å². The molecule has 0 unspecified atom stereocenters. The topological polar surface area (TPSA) is 84.2 Å². The van der Waals surface area contributed by atoms with E-state index in [1.165, 1.54) is 16.8 Å². The highest BCUT2D eigenvalue weighted by atomic mass is 16.3. The lowest BCUT2D eigenvalue weighted by Crippen LogP contribution is -2.40. The van der Waals surface area contributed by atoms with Crippen molar-refractivity contribution in [1.82, 2.24) is 15.1 Å². The summed E-state index contributed by atoms with van der Waals surface area (Å²) in [4.78, 5) is 23.7. The van der Waals surface area contributed by atoms with E-state index < -0.39 is 0 Å². The van der Waals surface area contributed by atoms with Gasteiger partial charge in [-0.15, -0.1) is 0 Å². The van der Waals surface area contributed by atoms with E-state index in [1.807, 2.05) is 20.8 Å². The van der Waals surface area contributed by atoms with E-state index in [2.05, 4.69) is 10.4 Å². The van der Waals surface area contributed by atoms with Crippen LogP contribution in [0.3, 0.4) is 0 Å². The molecule has 118 valence electrons. The highest BCUT2D eigenvalue weighted by molar-refractivity contribution is 5.92. The Bertz CT molecular complexity index is 513. The Labute approximate surface area is 125 Å². The van der Waals surface area contributed by atoms with Crippen LogP contribution in [0.15, 0.2) is 16.9 Å². The molecule has 0 saturated heterocycles. The van der Waals surface area contributed by atoms with Crippen molar-refractivity contribution in [3.8, 4) is 0 Å². The first-order valence-corrected chi connectivity index (χ1v) is 7.49. The van der Waals surface area contributed by atoms with Gasteiger partial charge in [0.25, 0.3) is 11.5 Å². The molecule has 1 amide bonds. The van der Waals surface area contributed by atoms with Gasteiger partial charge in [0, 0.05) is 24.6 Å². The van der Waals surface area contributed by atoms with Crippen LogP contribution in [0.5, 0.6) is 0 Å². The van der Waals surface area contributed by atoms with Crippen LogP contribution in [0.25, 0.3) is 0 Å². The molecule has 6 heteroatoms. The minimum absolute atomic E-state index is 0.0308. The molecule has 0 spiro atoms. The lowest BCUT2D eigenvalue weighted by molar-refractivity contribution is 0.0844. The summed E-state index contributed by atoms with van der Waals surface area (Å²) < 4.78 is 1.30. The summed E-state index contributed by atoms with van der Waals surface area (Å²) >= 11 is 0. The predicted molar refractivity (Wildman–Crippen MR) is 81.2 cm³/mol. The summed E-state index contributed by atoms with van der Waals surface area (Å²) in [5, 5.41) is 16.4. The van der Waals surface area contributed by atoms with Crippen molar-refractivity contribution in [3.63, 3.8) is 0 Å². The van der Waals surface area contributed by atoms with E-state index >= 15 is 0 Å². The van der Waals surface area contributed by atoms with Gasteiger partial charge in [-0.2, -0.15) is 5.10 Å². The van der Waals surface area contributed by atoms with Gasteiger partial charge in [0.15, 0.2) is 0 Å². The highest BCUT2D eigenvalue weighted by Gasteiger charge is 2.26. The maximum absolute atomic E-state index is 12.1. The smallest absolute Gasteiger partial charge is 0.271 e. The van der Waals surface area contributed by atoms with E-state index in [4.69, 9.17) is 0 Å². The van der Waals surface area contributed by atoms with Gasteiger partial charge >= 0.3 is 0 Å². The number of nitrogens with zero attached hydrogens (tertiary/aromatic N) is 2. The third-order valence-electron chi connectivity index (χ3n) is 3.99. The molecule has 0 radical (unpaired) electrons. The van der Waals surface area contributed by atoms with E-state index in [-0.39, 0.29) is 29.2 Å². The maximum atomic E-state index is 12.1. The fourth-order valence-corrected chi connectivity index (χ4v) is 2.08. The zero-order chi connectivity index (χ0) is 15.9. The lowest BCUT2D eigenvalue weighted by atomic mass is 9.83. The second-order valence-corrected chi connectivity index (χ2v) is 5.33. The summed E-state index contributed by atoms with van der Waals surface area (Å²) in [6, 6.07) is 2.79. The molecular weight excluding hydrogens is 270 g/mol. The van der Waals surface area contributed by atoms with Crippen LogP contribution in [0.2, 0.25) is 0 Å². The van der Waals surface area contributed by atoms with Crippen LogP contribution in [-0.4, -0.2) is 33.9 Å². The molecule has 2 N–H and O–H groups in total. The normalized spacial score (nSPS) is 11.4. The number of aromatic nitrogens is 2. The van der Waals surface area contributed by atoms with Crippen LogP contribution in [0, 0.1) is 5.41 Å². The summed E-state index contributed by atoms with van der Waals surface area (Å²) in [7, 11) is 0. The molecule has 0 aliphatic rings. The summed E-state index contributed by atoms with van der Waals surface area (Å²) in [5.41, 5.74) is -0.282. The standard InChI is InChI=1S/C15H25N3O3/c1-4-9-18-13(20)8-7-12(17-18)14(21)16-10-15(5-2,6-3)11-19/h7-8,19H,4-6,9-11H2,1-3H3,(H,16,21). The fraction of sp³-hybridized carbons (Fsp3) is 0.667. The van der Waals surface area contributed by atoms with Crippen LogP contribution < -0.4 is 10.9 Å². The molecule has 1 rings (SSSR count). The van der Waals surface area contributed by atoms with E-state index in [1.54, 1.807) is 0 Å². The zero-order valence-corrected chi connectivity index (χ0v) is 13.1. The summed E-state index contributed by atoms with van der Waals surface area (Å²) in [6.07, 6.45) is 2.34. The highest BCUT2D eigenvalue weighted by Crippen LogP contribution is 2.24. The Balaban J connectivity index is 2.80. The van der Waals surface area contributed by atoms with Crippen LogP contribution in [-0.2, 0) is 6.54 Å². The number of aryl methyl sites for hydroxylation is 1. The van der Waals surface area contributed by atoms with Crippen molar-refractivity contribution < 1.29 is 9.90 Å². The van der Waals surface area contributed by atoms with Crippen molar-refractivity contribution in [2.45, 2.75) is 46.6 Å². The molecule has 6 nitrogen and oxygen atoms in total. The molecule has 1 aromatic rings. The van der Waals surface area contributed by atoms with Gasteiger partial charge in [-0.25, -0.2) is 4.68 Å². The second kappa shape index (κ2) is 7.93. The third kappa shape index (κ3) is 4.39. The minimum atomic E-state index is -0.320. The van der Waals surface area contributed by atoms with Crippen molar-refractivity contribution in [2.24, 2.45) is 5.41 Å². The molecule has 0 aromatic carbocycles. The molecule has 21 heavy (non-hydrogen) atoms. The van der Waals surface area contributed by atoms with Crippen LogP contribution in [0.1, 0.15) is 50.5 Å². The van der Waals surface area contributed by atoms with E-state index in [0.717, 1.165) is 19.3 Å². The van der Waals surface area contributed by atoms with E-state index in [0.29, 0.717) is 13.1 Å². The second-order valence-electron chi connectivity index (χ2n) is 5.33. The molecule has 0 bridgehead atoms. The van der Waals surface area contributed by atoms with Crippen molar-refractivity contribution in [2.75, 3.05) is 13.2 Å². The molecule has 0 aliphatic heterocycles. The van der Waals surface area contributed by atoms with Crippen LogP contribution >= 0.6 is 0 Å². The lowest BCUT2D eigenvalue weighted by Gasteiger charge is -2.29. The van der Waals surface area contributed by atoms with Gasteiger partial charge in [-0.3, -0.25) is 9.59 Å². The monoisotopic (exact) mass is 295 g/mol. The first-order valence-electron chi connectivity index (χ1n) is 7.49. The number of amides is 1. The number of carbonyl (C=O) groups excluding carboxylic acids is 1. The van der Waals surface area contributed by atoms with Crippen LogP contribution in [0.4, 0.5) is 0 Å². The molecule has 1 heterocycles. The van der Waals surface area contributed by atoms with Gasteiger partial charge in [-0.1, -0.05) is 20.8 Å². The zero-order valence-electron chi connectivity index (χ0n) is 13.1. The Morgan fingerprint density at radius 2 is 2.00 bits per heavy atom. The van der Waals surface area contributed by atoms with Gasteiger partial charge < -0.3 is 10.4 Å². The quantitative estimate of drug-likeness (QED) is 0.754. The molecule has 0 fully saturated rings. The summed E-state index contributed by atoms with van der Waals surface area (Å²) in [5.74, 6) is -0.320.